The highest BCUT2D eigenvalue weighted by Gasteiger charge is 2.07. The van der Waals surface area contributed by atoms with E-state index in [0.717, 1.165) is 29.5 Å². The Labute approximate surface area is 127 Å². The van der Waals surface area contributed by atoms with Crippen molar-refractivity contribution >= 4 is 17.4 Å². The van der Waals surface area contributed by atoms with E-state index in [4.69, 9.17) is 10.5 Å². The van der Waals surface area contributed by atoms with Gasteiger partial charge < -0.3 is 10.5 Å². The lowest BCUT2D eigenvalue weighted by Crippen LogP contribution is -2.17. The number of benzene rings is 1. The van der Waals surface area contributed by atoms with E-state index in [1.165, 1.54) is 0 Å². The van der Waals surface area contributed by atoms with Gasteiger partial charge in [0.1, 0.15) is 5.75 Å². The van der Waals surface area contributed by atoms with E-state index in [0.29, 0.717) is 18.8 Å². The third-order valence-corrected chi connectivity index (χ3v) is 3.88. The monoisotopic (exact) mass is 308 g/mol. The summed E-state index contributed by atoms with van der Waals surface area (Å²) < 4.78 is 7.29. The van der Waals surface area contributed by atoms with E-state index in [1.54, 1.807) is 22.4 Å². The van der Waals surface area contributed by atoms with Crippen molar-refractivity contribution in [3.63, 3.8) is 0 Å². The number of hydrogen-bond acceptors (Lipinski definition) is 5. The molecule has 1 aromatic heterocycles. The summed E-state index contributed by atoms with van der Waals surface area (Å²) in [6.07, 6.45) is 1.78. The maximum atomic E-state index is 11.5. The number of ether oxygens (including phenoxy) is 1. The van der Waals surface area contributed by atoms with E-state index < -0.39 is 0 Å². The van der Waals surface area contributed by atoms with Crippen molar-refractivity contribution in [2.75, 3.05) is 18.1 Å². The Morgan fingerprint density at radius 3 is 3.10 bits per heavy atom. The first-order valence-electron chi connectivity index (χ1n) is 6.97. The van der Waals surface area contributed by atoms with Gasteiger partial charge in [0.15, 0.2) is 5.16 Å². The first-order valence-corrected chi connectivity index (χ1v) is 7.95. The Balaban J connectivity index is 1.74. The van der Waals surface area contributed by atoms with E-state index in [-0.39, 0.29) is 5.69 Å². The van der Waals surface area contributed by atoms with Gasteiger partial charge in [0.25, 0.3) is 0 Å². The van der Waals surface area contributed by atoms with E-state index in [9.17, 15) is 4.79 Å². The molecule has 114 valence electrons. The molecule has 0 saturated heterocycles. The zero-order valence-electron chi connectivity index (χ0n) is 12.0. The Morgan fingerprint density at radius 1 is 1.48 bits per heavy atom. The predicted molar refractivity (Wildman–Crippen MR) is 84.8 cm³/mol. The minimum Gasteiger partial charge on any atom is -0.493 e. The average Bonchev–Trinajstić information content (AvgIpc) is 2.80. The molecule has 0 bridgehead atoms. The molecule has 0 atom stereocenters. The number of aromatic amines is 1. The lowest BCUT2D eigenvalue weighted by atomic mass is 10.3. The van der Waals surface area contributed by atoms with E-state index >= 15 is 0 Å². The summed E-state index contributed by atoms with van der Waals surface area (Å²) in [5.74, 6) is 1.62. The van der Waals surface area contributed by atoms with Crippen LogP contribution in [-0.4, -0.2) is 27.1 Å². The molecule has 3 N–H and O–H groups in total. The van der Waals surface area contributed by atoms with Gasteiger partial charge in [0.2, 0.25) is 0 Å². The van der Waals surface area contributed by atoms with Crippen molar-refractivity contribution in [1.29, 1.82) is 0 Å². The van der Waals surface area contributed by atoms with Crippen molar-refractivity contribution in [2.45, 2.75) is 31.5 Å². The minimum absolute atomic E-state index is 0.143. The van der Waals surface area contributed by atoms with Crippen LogP contribution in [0.4, 0.5) is 5.69 Å². The normalized spacial score (nSPS) is 10.7. The van der Waals surface area contributed by atoms with Gasteiger partial charge >= 0.3 is 5.69 Å². The Kier molecular flexibility index (Phi) is 5.74. The fraction of sp³-hybridized carbons (Fsp3) is 0.429. The molecule has 21 heavy (non-hydrogen) atoms. The molecular weight excluding hydrogens is 288 g/mol. The van der Waals surface area contributed by atoms with Crippen LogP contribution in [0.5, 0.6) is 5.75 Å². The van der Waals surface area contributed by atoms with Crippen molar-refractivity contribution in [1.82, 2.24) is 14.8 Å². The maximum Gasteiger partial charge on any atom is 0.343 e. The molecular formula is C14H20N4O2S. The van der Waals surface area contributed by atoms with Crippen molar-refractivity contribution in [3.8, 4) is 5.75 Å². The van der Waals surface area contributed by atoms with Crippen LogP contribution in [0.3, 0.4) is 0 Å². The molecule has 0 aliphatic rings. The number of aromatic nitrogens is 3. The van der Waals surface area contributed by atoms with E-state index in [2.05, 4.69) is 10.2 Å². The SMILES string of the molecule is CCCn1c(SCCCOc2cccc(N)c2)n[nH]c1=O. The number of nitrogens with two attached hydrogens (primary N) is 1. The van der Waals surface area contributed by atoms with Crippen molar-refractivity contribution < 1.29 is 4.74 Å². The molecule has 2 rings (SSSR count). The van der Waals surface area contributed by atoms with Gasteiger partial charge in [-0.3, -0.25) is 4.57 Å². The van der Waals surface area contributed by atoms with Gasteiger partial charge in [0.05, 0.1) is 6.61 Å². The second-order valence-electron chi connectivity index (χ2n) is 4.59. The molecule has 0 saturated carbocycles. The molecule has 6 nitrogen and oxygen atoms in total. The summed E-state index contributed by atoms with van der Waals surface area (Å²) in [6, 6.07) is 7.38. The maximum absolute atomic E-state index is 11.5. The molecule has 0 unspecified atom stereocenters. The largest absolute Gasteiger partial charge is 0.493 e. The predicted octanol–water partition coefficient (Wildman–Crippen LogP) is 2.12. The topological polar surface area (TPSA) is 85.9 Å². The first-order chi connectivity index (χ1) is 10.2. The summed E-state index contributed by atoms with van der Waals surface area (Å²) in [4.78, 5) is 11.5. The zero-order chi connectivity index (χ0) is 15.1. The lowest BCUT2D eigenvalue weighted by molar-refractivity contribution is 0.319. The van der Waals surface area contributed by atoms with Crippen LogP contribution in [0, 0.1) is 0 Å². The number of nitrogens with zero attached hydrogens (tertiary/aromatic N) is 2. The highest BCUT2D eigenvalue weighted by molar-refractivity contribution is 7.99. The molecule has 0 aliphatic carbocycles. The number of nitrogen functional groups attached to an aromatic ring is 1. The molecule has 1 aromatic carbocycles. The van der Waals surface area contributed by atoms with Crippen LogP contribution in [-0.2, 0) is 6.54 Å². The highest BCUT2D eigenvalue weighted by Crippen LogP contribution is 2.17. The van der Waals surface area contributed by atoms with Crippen LogP contribution in [0.15, 0.2) is 34.2 Å². The minimum atomic E-state index is -0.143. The van der Waals surface area contributed by atoms with Crippen LogP contribution in [0.2, 0.25) is 0 Å². The summed E-state index contributed by atoms with van der Waals surface area (Å²) in [5.41, 5.74) is 6.24. The van der Waals surface area contributed by atoms with Gasteiger partial charge in [-0.25, -0.2) is 9.89 Å². The number of thioether (sulfide) groups is 1. The second kappa shape index (κ2) is 7.78. The highest BCUT2D eigenvalue weighted by atomic mass is 32.2. The molecule has 0 spiro atoms. The van der Waals surface area contributed by atoms with Crippen LogP contribution < -0.4 is 16.2 Å². The number of anilines is 1. The van der Waals surface area contributed by atoms with Gasteiger partial charge in [-0.05, 0) is 25.0 Å². The van der Waals surface area contributed by atoms with Gasteiger partial charge in [0, 0.05) is 24.1 Å². The quantitative estimate of drug-likeness (QED) is 0.443. The average molecular weight is 308 g/mol. The molecule has 1 heterocycles. The number of hydrogen-bond donors (Lipinski definition) is 2. The molecule has 2 aromatic rings. The lowest BCUT2D eigenvalue weighted by Gasteiger charge is -2.07. The summed E-state index contributed by atoms with van der Waals surface area (Å²) >= 11 is 1.56. The smallest absolute Gasteiger partial charge is 0.343 e. The molecule has 0 fully saturated rings. The summed E-state index contributed by atoms with van der Waals surface area (Å²) in [6.45, 7) is 3.34. The molecule has 0 radical (unpaired) electrons. The van der Waals surface area contributed by atoms with Crippen molar-refractivity contribution in [3.05, 3.63) is 34.7 Å². The second-order valence-corrected chi connectivity index (χ2v) is 5.65. The first kappa shape index (κ1) is 15.5. The van der Waals surface area contributed by atoms with Crippen LogP contribution in [0.25, 0.3) is 0 Å². The molecule has 0 aliphatic heterocycles. The Morgan fingerprint density at radius 2 is 2.33 bits per heavy atom. The molecule has 0 amide bonds. The fourth-order valence-electron chi connectivity index (χ4n) is 1.85. The van der Waals surface area contributed by atoms with Crippen molar-refractivity contribution in [2.24, 2.45) is 0 Å². The summed E-state index contributed by atoms with van der Waals surface area (Å²) in [5, 5.41) is 7.26. The van der Waals surface area contributed by atoms with Gasteiger partial charge in [-0.2, -0.15) is 0 Å². The number of rotatable bonds is 8. The zero-order valence-corrected chi connectivity index (χ0v) is 12.9. The number of nitrogens with one attached hydrogen (secondary N) is 1. The van der Waals surface area contributed by atoms with Gasteiger partial charge in [-0.15, -0.1) is 5.10 Å². The third-order valence-electron chi connectivity index (χ3n) is 2.82. The van der Waals surface area contributed by atoms with E-state index in [1.807, 2.05) is 25.1 Å². The molecule has 7 heteroatoms. The third kappa shape index (κ3) is 4.56. The Hall–Kier alpha value is -1.89. The fourth-order valence-corrected chi connectivity index (χ4v) is 2.74. The standard InChI is InChI=1S/C14H20N4O2S/c1-2-7-18-13(19)16-17-14(18)21-9-4-8-20-12-6-3-5-11(15)10-12/h3,5-6,10H,2,4,7-9,15H2,1H3,(H,16,19). The Bertz CT molecular complexity index is 623. The van der Waals surface area contributed by atoms with Crippen LogP contribution in [0.1, 0.15) is 19.8 Å². The summed E-state index contributed by atoms with van der Waals surface area (Å²) in [7, 11) is 0. The van der Waals surface area contributed by atoms with Crippen LogP contribution >= 0.6 is 11.8 Å². The number of H-pyrrole nitrogens is 1. The van der Waals surface area contributed by atoms with Gasteiger partial charge in [-0.1, -0.05) is 24.8 Å².